The smallest absolute Gasteiger partial charge is 0.328 e. The first-order chi connectivity index (χ1) is 12.4. The van der Waals surface area contributed by atoms with Crippen molar-refractivity contribution in [3.8, 4) is 16.9 Å². The topological polar surface area (TPSA) is 64.1 Å². The predicted octanol–water partition coefficient (Wildman–Crippen LogP) is 2.68. The highest BCUT2D eigenvalue weighted by molar-refractivity contribution is 5.64. The van der Waals surface area contributed by atoms with Crippen molar-refractivity contribution in [3.63, 3.8) is 0 Å². The molecule has 5 nitrogen and oxygen atoms in total. The van der Waals surface area contributed by atoms with Gasteiger partial charge in [-0.25, -0.2) is 18.0 Å². The Labute approximate surface area is 145 Å². The van der Waals surface area contributed by atoms with Gasteiger partial charge in [-0.3, -0.25) is 14.3 Å². The van der Waals surface area contributed by atoms with Gasteiger partial charge in [-0.15, -0.1) is 0 Å². The molecule has 0 saturated heterocycles. The number of rotatable bonds is 4. The highest BCUT2D eigenvalue weighted by Crippen LogP contribution is 2.26. The summed E-state index contributed by atoms with van der Waals surface area (Å²) in [5.41, 5.74) is -2.32. The predicted molar refractivity (Wildman–Crippen MR) is 88.7 cm³/mol. The average Bonchev–Trinajstić information content (AvgIpc) is 2.60. The molecule has 3 rings (SSSR count). The van der Waals surface area contributed by atoms with E-state index < -0.39 is 35.2 Å². The molecule has 26 heavy (non-hydrogen) atoms. The van der Waals surface area contributed by atoms with Crippen molar-refractivity contribution >= 4 is 0 Å². The Kier molecular flexibility index (Phi) is 4.66. The highest BCUT2D eigenvalue weighted by atomic mass is 19.1. The number of hydrogen-bond donors (Lipinski definition) is 1. The van der Waals surface area contributed by atoms with Gasteiger partial charge in [-0.2, -0.15) is 0 Å². The lowest BCUT2D eigenvalue weighted by molar-refractivity contribution is 0.387. The van der Waals surface area contributed by atoms with Crippen LogP contribution in [0.5, 0.6) is 5.75 Å². The van der Waals surface area contributed by atoms with E-state index in [0.717, 1.165) is 22.9 Å². The van der Waals surface area contributed by atoms with Crippen LogP contribution in [0.15, 0.2) is 52.2 Å². The molecule has 0 spiro atoms. The minimum Gasteiger partial charge on any atom is -0.494 e. The van der Waals surface area contributed by atoms with Crippen LogP contribution >= 0.6 is 0 Å². The molecule has 8 heteroatoms. The van der Waals surface area contributed by atoms with Gasteiger partial charge in [0.25, 0.3) is 5.56 Å². The normalized spacial score (nSPS) is 10.8. The number of methoxy groups -OCH3 is 1. The van der Waals surface area contributed by atoms with Gasteiger partial charge in [-0.05, 0) is 18.2 Å². The van der Waals surface area contributed by atoms with Gasteiger partial charge in [-0.1, -0.05) is 18.2 Å². The second kappa shape index (κ2) is 6.91. The number of halogens is 3. The summed E-state index contributed by atoms with van der Waals surface area (Å²) in [6.45, 7) is -0.466. The third-order valence-electron chi connectivity index (χ3n) is 3.87. The molecule has 0 aliphatic rings. The van der Waals surface area contributed by atoms with E-state index in [2.05, 4.69) is 0 Å². The summed E-state index contributed by atoms with van der Waals surface area (Å²) in [7, 11) is 1.27. The first-order valence-electron chi connectivity index (χ1n) is 7.52. The van der Waals surface area contributed by atoms with Crippen LogP contribution in [0, 0.1) is 17.5 Å². The zero-order chi connectivity index (χ0) is 18.8. The maximum absolute atomic E-state index is 14.4. The average molecular weight is 362 g/mol. The van der Waals surface area contributed by atoms with Crippen LogP contribution in [0.25, 0.3) is 11.1 Å². The van der Waals surface area contributed by atoms with Crippen molar-refractivity contribution < 1.29 is 17.9 Å². The zero-order valence-electron chi connectivity index (χ0n) is 13.6. The molecule has 0 bridgehead atoms. The van der Waals surface area contributed by atoms with Gasteiger partial charge >= 0.3 is 5.69 Å². The molecule has 0 aliphatic heterocycles. The van der Waals surface area contributed by atoms with Crippen LogP contribution in [0.1, 0.15) is 5.56 Å². The molecule has 0 atom stereocenters. The molecule has 3 aromatic rings. The summed E-state index contributed by atoms with van der Waals surface area (Å²) >= 11 is 0. The molecule has 0 radical (unpaired) electrons. The second-order valence-electron chi connectivity index (χ2n) is 5.45. The molecular formula is C18H13F3N2O3. The van der Waals surface area contributed by atoms with Gasteiger partial charge in [0.2, 0.25) is 0 Å². The number of nitrogens with zero attached hydrogens (tertiary/aromatic N) is 1. The minimum atomic E-state index is -0.871. The Bertz CT molecular complexity index is 1070. The molecule has 0 unspecified atom stereocenters. The van der Waals surface area contributed by atoms with Crippen molar-refractivity contribution in [2.24, 2.45) is 0 Å². The maximum atomic E-state index is 14.4. The molecule has 0 aliphatic carbocycles. The monoisotopic (exact) mass is 362 g/mol. The fourth-order valence-corrected chi connectivity index (χ4v) is 2.55. The van der Waals surface area contributed by atoms with Gasteiger partial charge in [0.1, 0.15) is 11.6 Å². The van der Waals surface area contributed by atoms with E-state index in [0.29, 0.717) is 0 Å². The van der Waals surface area contributed by atoms with E-state index in [4.69, 9.17) is 4.74 Å². The fraction of sp³-hybridized carbons (Fsp3) is 0.111. The first-order valence-corrected chi connectivity index (χ1v) is 7.52. The Balaban J connectivity index is 2.15. The molecule has 1 N–H and O–H groups in total. The first kappa shape index (κ1) is 17.5. The minimum absolute atomic E-state index is 0.0835. The zero-order valence-corrected chi connectivity index (χ0v) is 13.6. The van der Waals surface area contributed by atoms with Gasteiger partial charge in [0.05, 0.1) is 19.2 Å². The third-order valence-corrected chi connectivity index (χ3v) is 3.87. The number of aromatic amines is 1. The quantitative estimate of drug-likeness (QED) is 0.776. The summed E-state index contributed by atoms with van der Waals surface area (Å²) in [6, 6.07) is 7.48. The fourth-order valence-electron chi connectivity index (χ4n) is 2.55. The Hall–Kier alpha value is -3.29. The Morgan fingerprint density at radius 2 is 1.65 bits per heavy atom. The van der Waals surface area contributed by atoms with Crippen molar-refractivity contribution in [2.75, 3.05) is 7.11 Å². The largest absolute Gasteiger partial charge is 0.494 e. The van der Waals surface area contributed by atoms with Crippen molar-refractivity contribution in [1.29, 1.82) is 0 Å². The van der Waals surface area contributed by atoms with E-state index in [1.54, 1.807) is 0 Å². The number of hydrogen-bond acceptors (Lipinski definition) is 3. The Morgan fingerprint density at radius 1 is 1.00 bits per heavy atom. The van der Waals surface area contributed by atoms with Gasteiger partial charge in [0.15, 0.2) is 11.6 Å². The SMILES string of the molecule is COc1cccc(-c2cn(Cc3c(F)cccc3F)c(=O)[nH]c2=O)c1F. The summed E-state index contributed by atoms with van der Waals surface area (Å²) in [5.74, 6) is -2.54. The van der Waals surface area contributed by atoms with Crippen LogP contribution < -0.4 is 16.0 Å². The van der Waals surface area contributed by atoms with Crippen LogP contribution in [0.3, 0.4) is 0 Å². The summed E-state index contributed by atoms with van der Waals surface area (Å²) in [5, 5.41) is 0. The lowest BCUT2D eigenvalue weighted by Gasteiger charge is -2.11. The Morgan fingerprint density at radius 3 is 2.31 bits per heavy atom. The number of H-pyrrole nitrogens is 1. The third kappa shape index (κ3) is 3.13. The van der Waals surface area contributed by atoms with E-state index in [1.807, 2.05) is 4.98 Å². The number of aromatic nitrogens is 2. The van der Waals surface area contributed by atoms with Crippen LogP contribution in [-0.4, -0.2) is 16.7 Å². The molecule has 0 saturated carbocycles. The van der Waals surface area contributed by atoms with E-state index in [1.165, 1.54) is 31.4 Å². The van der Waals surface area contributed by atoms with Crippen LogP contribution in [0.4, 0.5) is 13.2 Å². The molecule has 2 aromatic carbocycles. The lowest BCUT2D eigenvalue weighted by Crippen LogP contribution is -2.31. The number of benzene rings is 2. The van der Waals surface area contributed by atoms with Gasteiger partial charge in [0, 0.05) is 17.3 Å². The van der Waals surface area contributed by atoms with Crippen LogP contribution in [-0.2, 0) is 6.54 Å². The summed E-state index contributed by atoms with van der Waals surface area (Å²) in [4.78, 5) is 26.1. The standard InChI is InChI=1S/C18H13F3N2O3/c1-26-15-7-2-4-10(16(15)21)11-8-23(18(25)22-17(11)24)9-12-13(19)5-3-6-14(12)20/h2-8H,9H2,1H3,(H,22,24,25). The second-order valence-corrected chi connectivity index (χ2v) is 5.45. The summed E-state index contributed by atoms with van der Waals surface area (Å²) in [6.07, 6.45) is 1.06. The molecule has 134 valence electrons. The number of ether oxygens (including phenoxy) is 1. The molecule has 0 amide bonds. The number of nitrogens with one attached hydrogen (secondary N) is 1. The van der Waals surface area contributed by atoms with Crippen LogP contribution in [0.2, 0.25) is 0 Å². The van der Waals surface area contributed by atoms with Crippen molar-refractivity contribution in [3.05, 3.63) is 86.4 Å². The van der Waals surface area contributed by atoms with Gasteiger partial charge < -0.3 is 4.74 Å². The van der Waals surface area contributed by atoms with Crippen molar-refractivity contribution in [1.82, 2.24) is 9.55 Å². The highest BCUT2D eigenvalue weighted by Gasteiger charge is 2.16. The summed E-state index contributed by atoms with van der Waals surface area (Å²) < 4.78 is 47.9. The molecular weight excluding hydrogens is 349 g/mol. The molecule has 1 heterocycles. The van der Waals surface area contributed by atoms with E-state index >= 15 is 0 Å². The lowest BCUT2D eigenvalue weighted by atomic mass is 10.1. The van der Waals surface area contributed by atoms with E-state index in [9.17, 15) is 22.8 Å². The molecule has 1 aromatic heterocycles. The molecule has 0 fully saturated rings. The van der Waals surface area contributed by atoms with E-state index in [-0.39, 0.29) is 22.4 Å². The van der Waals surface area contributed by atoms with Crippen molar-refractivity contribution in [2.45, 2.75) is 6.54 Å². The maximum Gasteiger partial charge on any atom is 0.328 e.